The normalized spacial score (nSPS) is 10.7. The van der Waals surface area contributed by atoms with Gasteiger partial charge in [0, 0.05) is 12.4 Å². The summed E-state index contributed by atoms with van der Waals surface area (Å²) in [6.45, 7) is 4.25. The highest BCUT2D eigenvalue weighted by Gasteiger charge is 2.08. The highest BCUT2D eigenvalue weighted by Crippen LogP contribution is 2.14. The Bertz CT molecular complexity index is 566. The predicted octanol–water partition coefficient (Wildman–Crippen LogP) is 2.72. The van der Waals surface area contributed by atoms with Crippen LogP contribution in [0.2, 0.25) is 5.28 Å². The third-order valence-electron chi connectivity index (χ3n) is 2.50. The van der Waals surface area contributed by atoms with Gasteiger partial charge in [-0.3, -0.25) is 4.98 Å². The van der Waals surface area contributed by atoms with Gasteiger partial charge >= 0.3 is 12.0 Å². The molecule has 0 spiro atoms. The molecule has 0 aliphatic rings. The van der Waals surface area contributed by atoms with Crippen LogP contribution in [0.25, 0.3) is 0 Å². The van der Waals surface area contributed by atoms with Gasteiger partial charge in [0.15, 0.2) is 0 Å². The van der Waals surface area contributed by atoms with E-state index in [1.54, 1.807) is 12.4 Å². The maximum Gasteiger partial charge on any atom is 0.324 e. The van der Waals surface area contributed by atoms with E-state index in [4.69, 9.17) is 21.1 Å². The molecule has 7 heteroatoms. The van der Waals surface area contributed by atoms with E-state index in [2.05, 4.69) is 19.9 Å². The fourth-order valence-electron chi connectivity index (χ4n) is 1.63. The largest absolute Gasteiger partial charge is 0.463 e. The van der Waals surface area contributed by atoms with E-state index >= 15 is 0 Å². The quantitative estimate of drug-likeness (QED) is 0.732. The van der Waals surface area contributed by atoms with Gasteiger partial charge in [0.25, 0.3) is 0 Å². The second kappa shape index (κ2) is 7.73. The van der Waals surface area contributed by atoms with Crippen LogP contribution in [0.5, 0.6) is 12.0 Å². The standard InChI is InChI=1S/C14H17ClN4O2/c1-10(2)21-14-18-12(15)17-13(19-14)20-9-3-4-11-5-7-16-8-6-11/h5-8,10H,3-4,9H2,1-2H3. The highest BCUT2D eigenvalue weighted by atomic mass is 35.5. The summed E-state index contributed by atoms with van der Waals surface area (Å²) < 4.78 is 10.9. The van der Waals surface area contributed by atoms with Crippen LogP contribution in [-0.4, -0.2) is 32.6 Å². The molecule has 2 heterocycles. The fourth-order valence-corrected chi connectivity index (χ4v) is 1.78. The van der Waals surface area contributed by atoms with Crippen LogP contribution >= 0.6 is 11.6 Å². The number of halogens is 1. The number of nitrogens with zero attached hydrogens (tertiary/aromatic N) is 4. The van der Waals surface area contributed by atoms with Gasteiger partial charge < -0.3 is 9.47 Å². The number of hydrogen-bond acceptors (Lipinski definition) is 6. The van der Waals surface area contributed by atoms with E-state index in [0.29, 0.717) is 6.61 Å². The molecule has 0 aliphatic heterocycles. The molecule has 0 fully saturated rings. The van der Waals surface area contributed by atoms with Crippen molar-refractivity contribution in [2.45, 2.75) is 32.8 Å². The first-order valence-corrected chi connectivity index (χ1v) is 7.11. The molecule has 2 aromatic rings. The first-order valence-electron chi connectivity index (χ1n) is 6.73. The van der Waals surface area contributed by atoms with Gasteiger partial charge in [0.05, 0.1) is 12.7 Å². The van der Waals surface area contributed by atoms with E-state index in [-0.39, 0.29) is 23.4 Å². The molecule has 6 nitrogen and oxygen atoms in total. The molecule has 0 aliphatic carbocycles. The summed E-state index contributed by atoms with van der Waals surface area (Å²) in [5.41, 5.74) is 1.21. The Morgan fingerprint density at radius 1 is 1.10 bits per heavy atom. The molecule has 0 atom stereocenters. The average molecular weight is 309 g/mol. The Morgan fingerprint density at radius 3 is 2.52 bits per heavy atom. The first-order chi connectivity index (χ1) is 10.1. The van der Waals surface area contributed by atoms with Crippen LogP contribution < -0.4 is 9.47 Å². The third kappa shape index (κ3) is 5.51. The van der Waals surface area contributed by atoms with E-state index in [1.807, 2.05) is 26.0 Å². The van der Waals surface area contributed by atoms with E-state index < -0.39 is 0 Å². The molecule has 2 aromatic heterocycles. The smallest absolute Gasteiger partial charge is 0.324 e. The summed E-state index contributed by atoms with van der Waals surface area (Å²) >= 11 is 5.81. The minimum absolute atomic E-state index is 0.0389. The Balaban J connectivity index is 1.84. The molecule has 21 heavy (non-hydrogen) atoms. The molecular formula is C14H17ClN4O2. The average Bonchev–Trinajstić information content (AvgIpc) is 2.43. The third-order valence-corrected chi connectivity index (χ3v) is 2.67. The molecule has 0 saturated carbocycles. The fraction of sp³-hybridized carbons (Fsp3) is 0.429. The maximum absolute atomic E-state index is 5.81. The van der Waals surface area contributed by atoms with Gasteiger partial charge in [0.1, 0.15) is 0 Å². The number of pyridine rings is 1. The number of aryl methyl sites for hydroxylation is 1. The van der Waals surface area contributed by atoms with E-state index in [1.165, 1.54) is 5.56 Å². The summed E-state index contributed by atoms with van der Waals surface area (Å²) in [6.07, 6.45) is 5.25. The van der Waals surface area contributed by atoms with Crippen LogP contribution in [0.1, 0.15) is 25.8 Å². The van der Waals surface area contributed by atoms with Crippen LogP contribution in [0.3, 0.4) is 0 Å². The molecule has 0 saturated heterocycles. The Labute approximate surface area is 128 Å². The van der Waals surface area contributed by atoms with Crippen molar-refractivity contribution in [1.29, 1.82) is 0 Å². The summed E-state index contributed by atoms with van der Waals surface area (Å²) in [5.74, 6) is 0. The van der Waals surface area contributed by atoms with Gasteiger partial charge in [-0.25, -0.2) is 0 Å². The van der Waals surface area contributed by atoms with Gasteiger partial charge in [0.2, 0.25) is 5.28 Å². The molecule has 0 radical (unpaired) electrons. The second-order valence-corrected chi connectivity index (χ2v) is 4.98. The Hall–Kier alpha value is -1.95. The van der Waals surface area contributed by atoms with Gasteiger partial charge in [-0.2, -0.15) is 9.97 Å². The number of hydrogen-bond donors (Lipinski definition) is 0. The summed E-state index contributed by atoms with van der Waals surface area (Å²) in [7, 11) is 0. The molecule has 112 valence electrons. The van der Waals surface area contributed by atoms with Crippen molar-refractivity contribution in [2.75, 3.05) is 6.61 Å². The minimum Gasteiger partial charge on any atom is -0.463 e. The molecule has 0 N–H and O–H groups in total. The predicted molar refractivity (Wildman–Crippen MR) is 78.7 cm³/mol. The Morgan fingerprint density at radius 2 is 1.81 bits per heavy atom. The number of rotatable bonds is 7. The number of ether oxygens (including phenoxy) is 2. The lowest BCUT2D eigenvalue weighted by Crippen LogP contribution is -2.10. The van der Waals surface area contributed by atoms with Crippen LogP contribution in [0.15, 0.2) is 24.5 Å². The van der Waals surface area contributed by atoms with Gasteiger partial charge in [-0.05, 0) is 56.0 Å². The zero-order chi connectivity index (χ0) is 15.1. The van der Waals surface area contributed by atoms with Crippen LogP contribution in [0, 0.1) is 0 Å². The van der Waals surface area contributed by atoms with Crippen molar-refractivity contribution in [3.63, 3.8) is 0 Å². The van der Waals surface area contributed by atoms with Crippen molar-refractivity contribution in [3.05, 3.63) is 35.4 Å². The molecule has 0 amide bonds. The topological polar surface area (TPSA) is 70.0 Å². The number of aromatic nitrogens is 4. The summed E-state index contributed by atoms with van der Waals surface area (Å²) in [6, 6.07) is 4.32. The summed E-state index contributed by atoms with van der Waals surface area (Å²) in [4.78, 5) is 15.8. The highest BCUT2D eigenvalue weighted by molar-refractivity contribution is 6.28. The van der Waals surface area contributed by atoms with E-state index in [0.717, 1.165) is 12.8 Å². The zero-order valence-corrected chi connectivity index (χ0v) is 12.7. The van der Waals surface area contributed by atoms with Crippen molar-refractivity contribution >= 4 is 11.6 Å². The lowest BCUT2D eigenvalue weighted by atomic mass is 10.1. The Kier molecular flexibility index (Phi) is 5.68. The minimum atomic E-state index is -0.0389. The van der Waals surface area contributed by atoms with Gasteiger partial charge in [-0.1, -0.05) is 0 Å². The SMILES string of the molecule is CC(C)Oc1nc(Cl)nc(OCCCc2ccncc2)n1. The van der Waals surface area contributed by atoms with Crippen LogP contribution in [-0.2, 0) is 6.42 Å². The van der Waals surface area contributed by atoms with Crippen molar-refractivity contribution in [3.8, 4) is 12.0 Å². The molecule has 0 bridgehead atoms. The van der Waals surface area contributed by atoms with Crippen molar-refractivity contribution in [2.24, 2.45) is 0 Å². The lowest BCUT2D eigenvalue weighted by molar-refractivity contribution is 0.212. The molecule has 2 rings (SSSR count). The first kappa shape index (κ1) is 15.4. The van der Waals surface area contributed by atoms with E-state index in [9.17, 15) is 0 Å². The van der Waals surface area contributed by atoms with Crippen LogP contribution in [0.4, 0.5) is 0 Å². The maximum atomic E-state index is 5.81. The molecule has 0 unspecified atom stereocenters. The second-order valence-electron chi connectivity index (χ2n) is 4.64. The lowest BCUT2D eigenvalue weighted by Gasteiger charge is -2.09. The monoisotopic (exact) mass is 308 g/mol. The molecular weight excluding hydrogens is 292 g/mol. The van der Waals surface area contributed by atoms with Crippen molar-refractivity contribution < 1.29 is 9.47 Å². The van der Waals surface area contributed by atoms with Gasteiger partial charge in [-0.15, -0.1) is 4.98 Å². The zero-order valence-electron chi connectivity index (χ0n) is 12.0. The molecule has 0 aromatic carbocycles. The summed E-state index contributed by atoms with van der Waals surface area (Å²) in [5, 5.41) is 0.0600. The van der Waals surface area contributed by atoms with Crippen molar-refractivity contribution in [1.82, 2.24) is 19.9 Å².